The van der Waals surface area contributed by atoms with E-state index in [1.165, 1.54) is 6.07 Å². The highest BCUT2D eigenvalue weighted by Gasteiger charge is 2.15. The number of ether oxygens (including phenoxy) is 1. The predicted molar refractivity (Wildman–Crippen MR) is 57.4 cm³/mol. The van der Waals surface area contributed by atoms with Gasteiger partial charge in [-0.3, -0.25) is 0 Å². The first-order valence-electron chi connectivity index (χ1n) is 4.83. The van der Waals surface area contributed by atoms with E-state index in [-0.39, 0.29) is 11.3 Å². The average Bonchev–Trinajstić information content (AvgIpc) is 2.36. The molecule has 0 aliphatic carbocycles. The highest BCUT2D eigenvalue weighted by atomic mass is 16.5. The van der Waals surface area contributed by atoms with Crippen molar-refractivity contribution in [2.75, 3.05) is 7.11 Å². The van der Waals surface area contributed by atoms with Gasteiger partial charge in [-0.25, -0.2) is 9.78 Å². The summed E-state index contributed by atoms with van der Waals surface area (Å²) in [6.07, 6.45) is 0. The molecular formula is C12H8NO4-. The molecule has 5 nitrogen and oxygen atoms in total. The highest BCUT2D eigenvalue weighted by molar-refractivity contribution is 6.03. The molecule has 0 amide bonds. The Bertz CT molecular complexity index is 606. The zero-order valence-corrected chi connectivity index (χ0v) is 8.97. The van der Waals surface area contributed by atoms with Crippen molar-refractivity contribution in [3.8, 4) is 0 Å². The van der Waals surface area contributed by atoms with Gasteiger partial charge >= 0.3 is 5.97 Å². The summed E-state index contributed by atoms with van der Waals surface area (Å²) in [6, 6.07) is 8.23. The van der Waals surface area contributed by atoms with Crippen LogP contribution in [0.25, 0.3) is 10.9 Å². The molecule has 0 aliphatic heterocycles. The van der Waals surface area contributed by atoms with Gasteiger partial charge in [-0.1, -0.05) is 18.2 Å². The summed E-state index contributed by atoms with van der Waals surface area (Å²) >= 11 is 0. The molecule has 0 bridgehead atoms. The fourth-order valence-corrected chi connectivity index (χ4v) is 1.52. The Labute approximate surface area is 96.7 Å². The van der Waals surface area contributed by atoms with Crippen LogP contribution in [0.5, 0.6) is 0 Å². The van der Waals surface area contributed by atoms with Crippen molar-refractivity contribution in [3.05, 3.63) is 41.6 Å². The molecule has 0 radical (unpaired) electrons. The van der Waals surface area contributed by atoms with Crippen molar-refractivity contribution < 1.29 is 19.4 Å². The Hall–Kier alpha value is -2.43. The normalized spacial score (nSPS) is 10.2. The van der Waals surface area contributed by atoms with E-state index in [2.05, 4.69) is 9.72 Å². The van der Waals surface area contributed by atoms with Crippen LogP contribution in [0.4, 0.5) is 0 Å². The van der Waals surface area contributed by atoms with Gasteiger partial charge in [0, 0.05) is 10.9 Å². The third-order valence-corrected chi connectivity index (χ3v) is 2.32. The topological polar surface area (TPSA) is 79.3 Å². The average molecular weight is 230 g/mol. The maximum absolute atomic E-state index is 11.4. The Morgan fingerprint density at radius 2 is 2.00 bits per heavy atom. The number of aromatic carboxylic acids is 1. The monoisotopic (exact) mass is 230 g/mol. The van der Waals surface area contributed by atoms with Crippen LogP contribution in [0.3, 0.4) is 0 Å². The Kier molecular flexibility index (Phi) is 2.74. The van der Waals surface area contributed by atoms with Crippen LogP contribution in [0.2, 0.25) is 0 Å². The van der Waals surface area contributed by atoms with Crippen molar-refractivity contribution in [2.45, 2.75) is 0 Å². The summed E-state index contributed by atoms with van der Waals surface area (Å²) in [5.41, 5.74) is 0.0136. The quantitative estimate of drug-likeness (QED) is 0.697. The lowest BCUT2D eigenvalue weighted by Gasteiger charge is -2.09. The summed E-state index contributed by atoms with van der Waals surface area (Å²) in [4.78, 5) is 26.3. The van der Waals surface area contributed by atoms with Gasteiger partial charge in [0.05, 0.1) is 18.6 Å². The van der Waals surface area contributed by atoms with Gasteiger partial charge in [-0.15, -0.1) is 0 Å². The fourth-order valence-electron chi connectivity index (χ4n) is 1.52. The number of methoxy groups -OCH3 is 1. The van der Waals surface area contributed by atoms with Gasteiger partial charge in [0.15, 0.2) is 5.69 Å². The SMILES string of the molecule is COC(=O)c1nc2ccccc2cc1C(=O)[O-]. The molecule has 0 fully saturated rings. The number of hydrogen-bond donors (Lipinski definition) is 0. The fraction of sp³-hybridized carbons (Fsp3) is 0.0833. The van der Waals surface area contributed by atoms with E-state index in [9.17, 15) is 14.7 Å². The molecule has 0 unspecified atom stereocenters. The molecule has 2 rings (SSSR count). The van der Waals surface area contributed by atoms with E-state index >= 15 is 0 Å². The standard InChI is InChI=1S/C12H9NO4/c1-17-12(16)10-8(11(14)15)6-7-4-2-3-5-9(7)13-10/h2-6H,1H3,(H,14,15)/p-1. The van der Waals surface area contributed by atoms with E-state index < -0.39 is 11.9 Å². The second-order valence-electron chi connectivity index (χ2n) is 3.36. The van der Waals surface area contributed by atoms with E-state index in [0.29, 0.717) is 10.9 Å². The molecule has 1 aromatic heterocycles. The van der Waals surface area contributed by atoms with Gasteiger partial charge in [0.2, 0.25) is 0 Å². The maximum Gasteiger partial charge on any atom is 0.357 e. The van der Waals surface area contributed by atoms with E-state index in [1.54, 1.807) is 24.3 Å². The molecule has 0 saturated heterocycles. The lowest BCUT2D eigenvalue weighted by atomic mass is 10.1. The van der Waals surface area contributed by atoms with Crippen LogP contribution in [-0.2, 0) is 4.74 Å². The number of pyridine rings is 1. The van der Waals surface area contributed by atoms with Gasteiger partial charge < -0.3 is 14.6 Å². The van der Waals surface area contributed by atoms with Crippen LogP contribution >= 0.6 is 0 Å². The van der Waals surface area contributed by atoms with Crippen molar-refractivity contribution in [1.82, 2.24) is 4.98 Å². The summed E-state index contributed by atoms with van der Waals surface area (Å²) < 4.78 is 4.48. The highest BCUT2D eigenvalue weighted by Crippen LogP contribution is 2.16. The van der Waals surface area contributed by atoms with E-state index in [1.807, 2.05) is 0 Å². The first kappa shape index (κ1) is 11.1. The summed E-state index contributed by atoms with van der Waals surface area (Å²) in [6.45, 7) is 0. The first-order valence-corrected chi connectivity index (χ1v) is 4.83. The van der Waals surface area contributed by atoms with Crippen molar-refractivity contribution in [1.29, 1.82) is 0 Å². The molecule has 2 aromatic rings. The van der Waals surface area contributed by atoms with Gasteiger partial charge in [-0.05, 0) is 12.1 Å². The molecule has 86 valence electrons. The van der Waals surface area contributed by atoms with Gasteiger partial charge in [0.25, 0.3) is 0 Å². The molecule has 0 N–H and O–H groups in total. The molecule has 0 aliphatic rings. The Balaban J connectivity index is 2.75. The lowest BCUT2D eigenvalue weighted by molar-refractivity contribution is -0.255. The number of carbonyl (C=O) groups is 2. The van der Waals surface area contributed by atoms with Crippen LogP contribution in [0.15, 0.2) is 30.3 Å². The minimum atomic E-state index is -1.45. The van der Waals surface area contributed by atoms with E-state index in [4.69, 9.17) is 0 Å². The predicted octanol–water partition coefficient (Wildman–Crippen LogP) is 0.385. The zero-order valence-electron chi connectivity index (χ0n) is 8.97. The number of carboxylic acids is 1. The van der Waals surface area contributed by atoms with Crippen LogP contribution in [0.1, 0.15) is 20.8 Å². The number of hydrogen-bond acceptors (Lipinski definition) is 5. The van der Waals surface area contributed by atoms with Gasteiger partial charge in [-0.2, -0.15) is 0 Å². The minimum Gasteiger partial charge on any atom is -0.545 e. The number of para-hydroxylation sites is 1. The number of carboxylic acid groups (broad SMARTS) is 1. The third-order valence-electron chi connectivity index (χ3n) is 2.32. The summed E-state index contributed by atoms with van der Waals surface area (Å²) in [5, 5.41) is 11.6. The molecule has 1 heterocycles. The number of benzene rings is 1. The van der Waals surface area contributed by atoms with Crippen LogP contribution in [0, 0.1) is 0 Å². The van der Waals surface area contributed by atoms with Crippen molar-refractivity contribution >= 4 is 22.8 Å². The van der Waals surface area contributed by atoms with Crippen LogP contribution in [-0.4, -0.2) is 24.0 Å². The molecule has 5 heteroatoms. The summed E-state index contributed by atoms with van der Waals surface area (Å²) in [5.74, 6) is -2.25. The molecule has 0 saturated carbocycles. The van der Waals surface area contributed by atoms with Crippen LogP contribution < -0.4 is 5.11 Å². The molecule has 0 spiro atoms. The molecule has 1 aromatic carbocycles. The number of nitrogens with zero attached hydrogens (tertiary/aromatic N) is 1. The summed E-state index contributed by atoms with van der Waals surface area (Å²) in [7, 11) is 1.16. The van der Waals surface area contributed by atoms with E-state index in [0.717, 1.165) is 7.11 Å². The Morgan fingerprint density at radius 1 is 1.29 bits per heavy atom. The number of rotatable bonds is 2. The van der Waals surface area contributed by atoms with Crippen molar-refractivity contribution in [3.63, 3.8) is 0 Å². The molecule has 0 atom stereocenters. The zero-order chi connectivity index (χ0) is 12.4. The number of carbonyl (C=O) groups excluding carboxylic acids is 2. The number of esters is 1. The van der Waals surface area contributed by atoms with Gasteiger partial charge in [0.1, 0.15) is 0 Å². The second kappa shape index (κ2) is 4.21. The first-order chi connectivity index (χ1) is 8.13. The lowest BCUT2D eigenvalue weighted by Crippen LogP contribution is -2.26. The molecular weight excluding hydrogens is 222 g/mol. The molecule has 17 heavy (non-hydrogen) atoms. The maximum atomic E-state index is 11.4. The largest absolute Gasteiger partial charge is 0.545 e. The third kappa shape index (κ3) is 1.94. The Morgan fingerprint density at radius 3 is 2.65 bits per heavy atom. The number of fused-ring (bicyclic) bond motifs is 1. The van der Waals surface area contributed by atoms with Crippen molar-refractivity contribution in [2.24, 2.45) is 0 Å². The second-order valence-corrected chi connectivity index (χ2v) is 3.36. The number of aromatic nitrogens is 1. The minimum absolute atomic E-state index is 0.244. The smallest absolute Gasteiger partial charge is 0.357 e.